The Morgan fingerprint density at radius 3 is 1.12 bits per heavy atom. The largest absolute Gasteiger partial charge is 3.00 e. The van der Waals surface area contributed by atoms with Crippen LogP contribution in [-0.4, -0.2) is 33.4 Å². The first kappa shape index (κ1) is 48.6. The molecular weight excluding hydrogens is 916 g/mol. The Hall–Kier alpha value is -3.41. The van der Waals surface area contributed by atoms with Crippen molar-refractivity contribution in [1.82, 2.24) is 4.98 Å². The maximum Gasteiger partial charge on any atom is 3.00 e. The minimum atomic E-state index is -10.7. The van der Waals surface area contributed by atoms with Crippen molar-refractivity contribution in [3.63, 3.8) is 0 Å². The van der Waals surface area contributed by atoms with E-state index in [1.165, 1.54) is 0 Å². The predicted octanol–water partition coefficient (Wildman–Crippen LogP) is 14.4. The molecule has 1 aliphatic heterocycles. The molecule has 28 heteroatoms. The molecule has 4 rings (SSSR count). The standard InChI is InChI=1S/C24H18N2O4.3F6P.Ru/c27-22(28)16-4-8-18(9-5-16)24(19-10-6-17(7-11-19)23(29)30)13-12-21(26-15-24)20-3-1-2-14-25-20;3*1-7(2,3,4,5)6;/h1-12,14-15H,13H2,(H,27,28)(H,29,30);;;;/q;3*-1;+3. The van der Waals surface area contributed by atoms with Gasteiger partial charge < -0.3 is 10.2 Å². The Balaban J connectivity index is 0.000000969. The molecule has 2 heterocycles. The number of carboxylic acid groups (broad SMARTS) is 2. The quantitative estimate of drug-likeness (QED) is 0.151. The van der Waals surface area contributed by atoms with Crippen molar-refractivity contribution in [2.24, 2.45) is 4.99 Å². The second-order valence-electron chi connectivity index (χ2n) is 9.88. The van der Waals surface area contributed by atoms with E-state index in [0.717, 1.165) is 22.5 Å². The van der Waals surface area contributed by atoms with Crippen molar-refractivity contribution >= 4 is 47.3 Å². The number of benzene rings is 2. The number of aromatic carboxylic acids is 2. The molecule has 2 aromatic carbocycles. The average Bonchev–Trinajstić information content (AvgIpc) is 2.88. The number of carboxylic acids is 2. The van der Waals surface area contributed by atoms with Gasteiger partial charge in [-0.05, 0) is 53.9 Å². The number of nitrogens with zero attached hydrogens (tertiary/aromatic N) is 2. The maximum atomic E-state index is 11.2. The Bertz CT molecular complexity index is 1660. The molecule has 52 heavy (non-hydrogen) atoms. The Morgan fingerprint density at radius 2 is 0.885 bits per heavy atom. The maximum absolute atomic E-state index is 11.2. The zero-order valence-corrected chi connectivity index (χ0v) is 28.8. The van der Waals surface area contributed by atoms with E-state index >= 15 is 0 Å². The van der Waals surface area contributed by atoms with E-state index in [1.807, 2.05) is 30.5 Å². The Labute approximate surface area is 290 Å². The summed E-state index contributed by atoms with van der Waals surface area (Å²) in [5.74, 6) is -1.98. The minimum Gasteiger partial charge on any atom is -0.478 e. The number of aromatic nitrogens is 1. The smallest absolute Gasteiger partial charge is 0.478 e. The molecule has 0 unspecified atom stereocenters. The van der Waals surface area contributed by atoms with E-state index < -0.39 is 40.8 Å². The average molecular weight is 934 g/mol. The molecule has 0 saturated heterocycles. The molecule has 0 atom stereocenters. The molecule has 1 aromatic heterocycles. The summed E-state index contributed by atoms with van der Waals surface area (Å²) in [6.07, 6.45) is 6.12. The molecular formula is C24H18F18N2O4P3Ru. The molecule has 0 aliphatic carbocycles. The third-order valence-corrected chi connectivity index (χ3v) is 5.26. The summed E-state index contributed by atoms with van der Waals surface area (Å²) in [6, 6.07) is 19.0. The topological polar surface area (TPSA) is 99.8 Å². The first-order valence-electron chi connectivity index (χ1n) is 12.4. The number of carbonyl (C=O) groups is 2. The molecule has 3 aromatic rings. The zero-order valence-electron chi connectivity index (χ0n) is 24.4. The van der Waals surface area contributed by atoms with E-state index in [2.05, 4.69) is 9.98 Å². The van der Waals surface area contributed by atoms with Gasteiger partial charge in [-0.3, -0.25) is 9.98 Å². The number of hydrogen-bond donors (Lipinski definition) is 2. The summed E-state index contributed by atoms with van der Waals surface area (Å²) in [6.45, 7) is 0. The number of halogens is 18. The van der Waals surface area contributed by atoms with Crippen molar-refractivity contribution in [3.8, 4) is 0 Å². The van der Waals surface area contributed by atoms with Gasteiger partial charge in [-0.15, -0.1) is 0 Å². The van der Waals surface area contributed by atoms with Crippen LogP contribution >= 0.6 is 23.4 Å². The number of allylic oxidation sites excluding steroid dienone is 1. The van der Waals surface area contributed by atoms with Crippen molar-refractivity contribution in [3.05, 3.63) is 107 Å². The number of aliphatic imine (C=N–C) groups is 1. The summed E-state index contributed by atoms with van der Waals surface area (Å²) < 4.78 is 178. The van der Waals surface area contributed by atoms with Crippen LogP contribution in [0.5, 0.6) is 0 Å². The first-order chi connectivity index (χ1) is 21.8. The summed E-state index contributed by atoms with van der Waals surface area (Å²) in [7, 11) is -32.0. The fourth-order valence-electron chi connectivity index (χ4n) is 3.60. The summed E-state index contributed by atoms with van der Waals surface area (Å²) >= 11 is 0. The van der Waals surface area contributed by atoms with Gasteiger partial charge in [0.2, 0.25) is 0 Å². The first-order valence-corrected chi connectivity index (χ1v) is 18.5. The van der Waals surface area contributed by atoms with Crippen molar-refractivity contribution in [1.29, 1.82) is 0 Å². The van der Waals surface area contributed by atoms with Crippen molar-refractivity contribution < 1.29 is 115 Å². The molecule has 0 amide bonds. The third-order valence-electron chi connectivity index (χ3n) is 5.26. The van der Waals surface area contributed by atoms with Gasteiger partial charge >= 0.3 is 130 Å². The van der Waals surface area contributed by atoms with Crippen LogP contribution in [0.2, 0.25) is 0 Å². The van der Waals surface area contributed by atoms with E-state index in [9.17, 15) is 95.3 Å². The monoisotopic (exact) mass is 935 g/mol. The fraction of sp³-hybridized carbons (Fsp3) is 0.0833. The third kappa shape index (κ3) is 26.4. The van der Waals surface area contributed by atoms with Gasteiger partial charge in [0.15, 0.2) is 0 Å². The summed E-state index contributed by atoms with van der Waals surface area (Å²) in [4.78, 5) is 31.5. The molecule has 0 saturated carbocycles. The van der Waals surface area contributed by atoms with Gasteiger partial charge in [-0.1, -0.05) is 36.4 Å². The van der Waals surface area contributed by atoms with Gasteiger partial charge in [-0.25, -0.2) is 9.59 Å². The normalized spacial score (nSPS) is 17.8. The second kappa shape index (κ2) is 13.2. The number of rotatable bonds is 5. The zero-order chi connectivity index (χ0) is 40.4. The molecule has 0 bridgehead atoms. The van der Waals surface area contributed by atoms with E-state index in [4.69, 9.17) is 0 Å². The predicted molar refractivity (Wildman–Crippen MR) is 154 cm³/mol. The van der Waals surface area contributed by atoms with Crippen molar-refractivity contribution in [2.45, 2.75) is 11.8 Å². The molecule has 2 N–H and O–H groups in total. The number of hydrogen-bond acceptors (Lipinski definition) is 4. The van der Waals surface area contributed by atoms with Crippen LogP contribution in [-0.2, 0) is 24.9 Å². The molecule has 0 fully saturated rings. The SMILES string of the molecule is F[P-](F)(F)(F)(F)F.F[P-](F)(F)(F)(F)F.F[P-](F)(F)(F)(F)F.O=C(O)c1ccc(C2(c3ccc(C(=O)O)cc3)C=NC(c3ccccn3)=CC2)cc1.[Ru+3]. The Kier molecular flexibility index (Phi) is 12.3. The van der Waals surface area contributed by atoms with E-state index in [-0.39, 0.29) is 30.6 Å². The Morgan fingerprint density at radius 1 is 0.558 bits per heavy atom. The molecule has 297 valence electrons. The van der Waals surface area contributed by atoms with Crippen LogP contribution in [0.1, 0.15) is 44.0 Å². The fourth-order valence-corrected chi connectivity index (χ4v) is 3.60. The van der Waals surface area contributed by atoms with Crippen LogP contribution < -0.4 is 0 Å². The van der Waals surface area contributed by atoms with Crippen LogP contribution in [0.15, 0.2) is 84.0 Å². The van der Waals surface area contributed by atoms with Gasteiger partial charge in [0, 0.05) is 12.4 Å². The van der Waals surface area contributed by atoms with E-state index in [1.54, 1.807) is 54.7 Å². The van der Waals surface area contributed by atoms with Crippen LogP contribution in [0.3, 0.4) is 0 Å². The molecule has 1 aliphatic rings. The van der Waals surface area contributed by atoms with E-state index in [0.29, 0.717) is 6.42 Å². The second-order valence-corrected chi connectivity index (χ2v) is 15.6. The molecule has 1 radical (unpaired) electrons. The van der Waals surface area contributed by atoms with Crippen LogP contribution in [0.25, 0.3) is 5.70 Å². The van der Waals surface area contributed by atoms with Gasteiger partial charge in [0.25, 0.3) is 0 Å². The van der Waals surface area contributed by atoms with Crippen LogP contribution in [0, 0.1) is 0 Å². The van der Waals surface area contributed by atoms with Crippen LogP contribution in [0.4, 0.5) is 75.5 Å². The number of pyridine rings is 1. The van der Waals surface area contributed by atoms with Gasteiger partial charge in [-0.2, -0.15) is 0 Å². The molecule has 6 nitrogen and oxygen atoms in total. The molecule has 0 spiro atoms. The van der Waals surface area contributed by atoms with Crippen molar-refractivity contribution in [2.75, 3.05) is 0 Å². The van der Waals surface area contributed by atoms with Gasteiger partial charge in [0.05, 0.1) is 27.9 Å². The van der Waals surface area contributed by atoms with Gasteiger partial charge in [0.1, 0.15) is 0 Å². The minimum absolute atomic E-state index is 0. The summed E-state index contributed by atoms with van der Waals surface area (Å²) in [5, 5.41) is 18.4. The summed E-state index contributed by atoms with van der Waals surface area (Å²) in [5.41, 5.74) is 3.03.